The molecule has 1 atom stereocenters. The zero-order valence-corrected chi connectivity index (χ0v) is 14.3. The quantitative estimate of drug-likeness (QED) is 0.929. The first-order valence-corrected chi connectivity index (χ1v) is 8.04. The minimum absolute atomic E-state index is 0.141. The summed E-state index contributed by atoms with van der Waals surface area (Å²) in [5, 5.41) is 4.06. The highest BCUT2D eigenvalue weighted by molar-refractivity contribution is 6.32. The van der Waals surface area contributed by atoms with Crippen molar-refractivity contribution in [3.63, 3.8) is 0 Å². The molecule has 6 heteroatoms. The molecule has 1 aromatic carbocycles. The van der Waals surface area contributed by atoms with Crippen molar-refractivity contribution in [2.75, 3.05) is 13.2 Å². The first-order valence-electron chi connectivity index (χ1n) is 7.66. The highest BCUT2D eigenvalue weighted by atomic mass is 35.5. The van der Waals surface area contributed by atoms with Gasteiger partial charge in [0.05, 0.1) is 5.02 Å². The smallest absolute Gasteiger partial charge is 0.179 e. The van der Waals surface area contributed by atoms with Crippen molar-refractivity contribution in [1.82, 2.24) is 15.3 Å². The van der Waals surface area contributed by atoms with Crippen molar-refractivity contribution in [2.24, 2.45) is 0 Å². The molecule has 0 radical (unpaired) electrons. The van der Waals surface area contributed by atoms with Crippen LogP contribution in [0.1, 0.15) is 35.6 Å². The van der Waals surface area contributed by atoms with Gasteiger partial charge in [-0.25, -0.2) is 9.97 Å². The Kier molecular flexibility index (Phi) is 4.68. The maximum Gasteiger partial charge on any atom is 0.179 e. The number of hydrogen-bond donors (Lipinski definition) is 1. The van der Waals surface area contributed by atoms with Crippen molar-refractivity contribution in [1.29, 1.82) is 0 Å². The van der Waals surface area contributed by atoms with E-state index in [-0.39, 0.29) is 6.04 Å². The molecule has 1 unspecified atom stereocenters. The van der Waals surface area contributed by atoms with E-state index in [0.29, 0.717) is 36.3 Å². The molecule has 0 fully saturated rings. The Balaban J connectivity index is 1.71. The molecule has 0 aliphatic carbocycles. The fraction of sp³-hybridized carbons (Fsp3) is 0.412. The largest absolute Gasteiger partial charge is 0.486 e. The molecule has 0 saturated heterocycles. The molecule has 2 heterocycles. The Morgan fingerprint density at radius 1 is 1.26 bits per heavy atom. The Hall–Kier alpha value is -1.85. The van der Waals surface area contributed by atoms with Crippen LogP contribution in [-0.2, 0) is 6.54 Å². The average Bonchev–Trinajstić information content (AvgIpc) is 2.53. The Morgan fingerprint density at radius 3 is 2.83 bits per heavy atom. The predicted molar refractivity (Wildman–Crippen MR) is 89.2 cm³/mol. The molecule has 5 nitrogen and oxygen atoms in total. The fourth-order valence-corrected chi connectivity index (χ4v) is 2.95. The number of nitrogens with zero attached hydrogens (tertiary/aromatic N) is 2. The van der Waals surface area contributed by atoms with Crippen molar-refractivity contribution in [3.8, 4) is 11.5 Å². The van der Waals surface area contributed by atoms with Crippen LogP contribution in [0.25, 0.3) is 0 Å². The van der Waals surface area contributed by atoms with Crippen LogP contribution in [0.4, 0.5) is 0 Å². The number of aromatic nitrogens is 2. The normalized spacial score (nSPS) is 14.6. The summed E-state index contributed by atoms with van der Waals surface area (Å²) in [5.74, 6) is 2.14. The van der Waals surface area contributed by atoms with Crippen molar-refractivity contribution in [3.05, 3.63) is 46.0 Å². The van der Waals surface area contributed by atoms with E-state index in [9.17, 15) is 0 Å². The second-order valence-electron chi connectivity index (χ2n) is 5.66. The number of nitrogens with one attached hydrogen (secondary N) is 1. The van der Waals surface area contributed by atoms with Gasteiger partial charge < -0.3 is 14.8 Å². The first kappa shape index (κ1) is 16.0. The number of benzene rings is 1. The summed E-state index contributed by atoms with van der Waals surface area (Å²) in [4.78, 5) is 8.69. The van der Waals surface area contributed by atoms with Crippen molar-refractivity contribution >= 4 is 11.6 Å². The van der Waals surface area contributed by atoms with E-state index in [1.54, 1.807) is 0 Å². The second kappa shape index (κ2) is 6.72. The second-order valence-corrected chi connectivity index (χ2v) is 6.07. The third-order valence-electron chi connectivity index (χ3n) is 3.87. The Morgan fingerprint density at radius 2 is 2.04 bits per heavy atom. The molecular formula is C17H20ClN3O2. The van der Waals surface area contributed by atoms with Crippen LogP contribution in [0.3, 0.4) is 0 Å². The lowest BCUT2D eigenvalue weighted by Gasteiger charge is -2.21. The van der Waals surface area contributed by atoms with Crippen molar-refractivity contribution < 1.29 is 9.47 Å². The van der Waals surface area contributed by atoms with Gasteiger partial charge >= 0.3 is 0 Å². The SMILES string of the molecule is Cc1ncc(C(C)NCc2cc(Cl)c3c(c2)OCCO3)c(C)n1. The van der Waals surface area contributed by atoms with Gasteiger partial charge in [-0.2, -0.15) is 0 Å². The lowest BCUT2D eigenvalue weighted by Crippen LogP contribution is -2.20. The fourth-order valence-electron chi connectivity index (χ4n) is 2.66. The summed E-state index contributed by atoms with van der Waals surface area (Å²) in [6.07, 6.45) is 1.88. The third-order valence-corrected chi connectivity index (χ3v) is 4.15. The standard InChI is InChI=1S/C17H20ClN3O2/c1-10(14-9-20-12(3)21-11(14)2)19-8-13-6-15(18)17-16(7-13)22-4-5-23-17/h6-7,9-10,19H,4-5,8H2,1-3H3. The molecule has 1 aromatic heterocycles. The molecule has 0 spiro atoms. The molecular weight excluding hydrogens is 314 g/mol. The number of aryl methyl sites for hydroxylation is 2. The topological polar surface area (TPSA) is 56.3 Å². The van der Waals surface area contributed by atoms with Crippen LogP contribution < -0.4 is 14.8 Å². The van der Waals surface area contributed by atoms with Gasteiger partial charge in [0.2, 0.25) is 0 Å². The summed E-state index contributed by atoms with van der Waals surface area (Å²) in [6, 6.07) is 4.02. The van der Waals surface area contributed by atoms with E-state index in [0.717, 1.165) is 22.6 Å². The minimum Gasteiger partial charge on any atom is -0.486 e. The van der Waals surface area contributed by atoms with E-state index >= 15 is 0 Å². The maximum atomic E-state index is 6.27. The molecule has 1 N–H and O–H groups in total. The maximum absolute atomic E-state index is 6.27. The van der Waals surface area contributed by atoms with Gasteiger partial charge in [0.25, 0.3) is 0 Å². The number of halogens is 1. The number of rotatable bonds is 4. The molecule has 0 bridgehead atoms. The van der Waals surface area contributed by atoms with Crippen LogP contribution in [0.2, 0.25) is 5.02 Å². The van der Waals surface area contributed by atoms with Crippen molar-refractivity contribution in [2.45, 2.75) is 33.4 Å². The van der Waals surface area contributed by atoms with Gasteiger partial charge in [-0.15, -0.1) is 0 Å². The van der Waals surface area contributed by atoms with Gasteiger partial charge in [-0.3, -0.25) is 0 Å². The predicted octanol–water partition coefficient (Wildman–Crippen LogP) is 3.37. The molecule has 1 aliphatic heterocycles. The Bertz CT molecular complexity index is 721. The number of ether oxygens (including phenoxy) is 2. The highest BCUT2D eigenvalue weighted by Gasteiger charge is 2.17. The molecule has 0 amide bonds. The van der Waals surface area contributed by atoms with Gasteiger partial charge in [0.1, 0.15) is 19.0 Å². The zero-order valence-electron chi connectivity index (χ0n) is 13.5. The van der Waals surface area contributed by atoms with Crippen LogP contribution in [0.15, 0.2) is 18.3 Å². The van der Waals surface area contributed by atoms with E-state index in [2.05, 4.69) is 22.2 Å². The van der Waals surface area contributed by atoms with Gasteiger partial charge in [0.15, 0.2) is 11.5 Å². The van der Waals surface area contributed by atoms with E-state index in [1.807, 2.05) is 32.2 Å². The number of hydrogen-bond acceptors (Lipinski definition) is 5. The van der Waals surface area contributed by atoms with E-state index in [4.69, 9.17) is 21.1 Å². The monoisotopic (exact) mass is 333 g/mol. The van der Waals surface area contributed by atoms with Gasteiger partial charge in [-0.05, 0) is 38.5 Å². The van der Waals surface area contributed by atoms with Crippen LogP contribution in [-0.4, -0.2) is 23.2 Å². The highest BCUT2D eigenvalue weighted by Crippen LogP contribution is 2.38. The first-order chi connectivity index (χ1) is 11.0. The zero-order chi connectivity index (χ0) is 16.4. The summed E-state index contributed by atoms with van der Waals surface area (Å²) in [6.45, 7) is 7.76. The molecule has 23 heavy (non-hydrogen) atoms. The number of fused-ring (bicyclic) bond motifs is 1. The molecule has 3 rings (SSSR count). The molecule has 0 saturated carbocycles. The lowest BCUT2D eigenvalue weighted by atomic mass is 10.1. The van der Waals surface area contributed by atoms with Crippen LogP contribution >= 0.6 is 11.6 Å². The average molecular weight is 334 g/mol. The van der Waals surface area contributed by atoms with Crippen LogP contribution in [0.5, 0.6) is 11.5 Å². The molecule has 1 aliphatic rings. The Labute approximate surface area is 141 Å². The third kappa shape index (κ3) is 3.57. The summed E-state index contributed by atoms with van der Waals surface area (Å²) >= 11 is 6.27. The molecule has 2 aromatic rings. The van der Waals surface area contributed by atoms with Gasteiger partial charge in [0, 0.05) is 30.0 Å². The minimum atomic E-state index is 0.141. The summed E-state index contributed by atoms with van der Waals surface area (Å²) in [5.41, 5.74) is 3.15. The summed E-state index contributed by atoms with van der Waals surface area (Å²) in [7, 11) is 0. The van der Waals surface area contributed by atoms with E-state index < -0.39 is 0 Å². The lowest BCUT2D eigenvalue weighted by molar-refractivity contribution is 0.171. The van der Waals surface area contributed by atoms with Crippen LogP contribution in [0, 0.1) is 13.8 Å². The summed E-state index contributed by atoms with van der Waals surface area (Å²) < 4.78 is 11.1. The molecule has 122 valence electrons. The van der Waals surface area contributed by atoms with E-state index in [1.165, 1.54) is 0 Å². The van der Waals surface area contributed by atoms with Gasteiger partial charge in [-0.1, -0.05) is 11.6 Å².